The van der Waals surface area contributed by atoms with Gasteiger partial charge in [-0.3, -0.25) is 4.79 Å². The van der Waals surface area contributed by atoms with Crippen LogP contribution >= 0.6 is 0 Å². The van der Waals surface area contributed by atoms with E-state index in [1.165, 1.54) is 0 Å². The number of benzene rings is 1. The van der Waals surface area contributed by atoms with Crippen LogP contribution in [-0.4, -0.2) is 19.1 Å². The van der Waals surface area contributed by atoms with E-state index in [1.54, 1.807) is 0 Å². The fraction of sp³-hybridized carbons (Fsp3) is 0.417. The van der Waals surface area contributed by atoms with Gasteiger partial charge >= 0.3 is 5.97 Å². The van der Waals surface area contributed by atoms with Gasteiger partial charge in [0.15, 0.2) is 11.6 Å². The van der Waals surface area contributed by atoms with Gasteiger partial charge in [-0.15, -0.1) is 0 Å². The first-order valence-corrected chi connectivity index (χ1v) is 5.58. The second kappa shape index (κ2) is 6.88. The topological polar surface area (TPSA) is 38.3 Å². The molecular formula is C12H14F3NO2. The van der Waals surface area contributed by atoms with Gasteiger partial charge < -0.3 is 10.1 Å². The van der Waals surface area contributed by atoms with Crippen LogP contribution < -0.4 is 5.32 Å². The maximum absolute atomic E-state index is 13.2. The summed E-state index contributed by atoms with van der Waals surface area (Å²) in [6.45, 7) is 1.94. The van der Waals surface area contributed by atoms with Crippen LogP contribution in [0.25, 0.3) is 0 Å². The number of anilines is 1. The van der Waals surface area contributed by atoms with Gasteiger partial charge in [-0.25, -0.2) is 13.2 Å². The van der Waals surface area contributed by atoms with Crippen molar-refractivity contribution >= 4 is 11.7 Å². The van der Waals surface area contributed by atoms with E-state index in [1.807, 2.05) is 6.92 Å². The zero-order valence-corrected chi connectivity index (χ0v) is 9.93. The van der Waals surface area contributed by atoms with Gasteiger partial charge in [0.05, 0.1) is 12.3 Å². The Morgan fingerprint density at radius 2 is 1.89 bits per heavy atom. The maximum Gasteiger partial charge on any atom is 0.325 e. The van der Waals surface area contributed by atoms with Crippen LogP contribution in [0.1, 0.15) is 19.8 Å². The Labute approximate surface area is 103 Å². The molecule has 1 aromatic carbocycles. The Morgan fingerprint density at radius 1 is 1.22 bits per heavy atom. The van der Waals surface area contributed by atoms with E-state index in [9.17, 15) is 18.0 Å². The molecule has 0 fully saturated rings. The Hall–Kier alpha value is -1.72. The van der Waals surface area contributed by atoms with Crippen molar-refractivity contribution in [1.82, 2.24) is 0 Å². The van der Waals surface area contributed by atoms with Crippen molar-refractivity contribution in [3.8, 4) is 0 Å². The summed E-state index contributed by atoms with van der Waals surface area (Å²) in [7, 11) is 0. The zero-order chi connectivity index (χ0) is 13.5. The smallest absolute Gasteiger partial charge is 0.325 e. The molecule has 1 aromatic rings. The van der Waals surface area contributed by atoms with Crippen LogP contribution in [0.2, 0.25) is 0 Å². The third-order valence-electron chi connectivity index (χ3n) is 2.19. The van der Waals surface area contributed by atoms with Gasteiger partial charge in [0.1, 0.15) is 12.4 Å². The molecule has 6 heteroatoms. The minimum absolute atomic E-state index is 0.277. The van der Waals surface area contributed by atoms with E-state index in [-0.39, 0.29) is 18.8 Å². The summed E-state index contributed by atoms with van der Waals surface area (Å²) >= 11 is 0. The van der Waals surface area contributed by atoms with Crippen molar-refractivity contribution in [1.29, 1.82) is 0 Å². The molecule has 0 spiro atoms. The first kappa shape index (κ1) is 14.3. The molecule has 3 nitrogen and oxygen atoms in total. The second-order valence-electron chi connectivity index (χ2n) is 3.67. The summed E-state index contributed by atoms with van der Waals surface area (Å²) in [5.41, 5.74) is -0.277. The van der Waals surface area contributed by atoms with Crippen LogP contribution in [0.4, 0.5) is 18.9 Å². The number of esters is 1. The van der Waals surface area contributed by atoms with Crippen LogP contribution in [0.15, 0.2) is 12.1 Å². The van der Waals surface area contributed by atoms with E-state index in [0.29, 0.717) is 12.1 Å². The summed E-state index contributed by atoms with van der Waals surface area (Å²) in [6, 6.07) is 1.07. The minimum atomic E-state index is -1.27. The molecule has 0 unspecified atom stereocenters. The third-order valence-corrected chi connectivity index (χ3v) is 2.19. The number of nitrogens with one attached hydrogen (secondary N) is 1. The number of ether oxygens (including phenoxy) is 1. The Morgan fingerprint density at radius 3 is 2.56 bits per heavy atom. The van der Waals surface area contributed by atoms with Gasteiger partial charge in [-0.2, -0.15) is 0 Å². The monoisotopic (exact) mass is 261 g/mol. The molecule has 1 rings (SSSR count). The lowest BCUT2D eigenvalue weighted by molar-refractivity contribution is -0.141. The fourth-order valence-corrected chi connectivity index (χ4v) is 1.21. The number of carbonyl (C=O) groups is 1. The lowest BCUT2D eigenvalue weighted by Crippen LogP contribution is -2.18. The number of unbranched alkanes of at least 4 members (excludes halogenated alkanes) is 1. The van der Waals surface area contributed by atoms with E-state index in [0.717, 1.165) is 12.8 Å². The van der Waals surface area contributed by atoms with Gasteiger partial charge in [-0.05, 0) is 6.42 Å². The van der Waals surface area contributed by atoms with Gasteiger partial charge in [-0.1, -0.05) is 13.3 Å². The molecule has 0 radical (unpaired) electrons. The summed E-state index contributed by atoms with van der Waals surface area (Å²) in [5, 5.41) is 2.35. The van der Waals surface area contributed by atoms with Crippen LogP contribution in [0.3, 0.4) is 0 Å². The van der Waals surface area contributed by atoms with Crippen molar-refractivity contribution in [3.63, 3.8) is 0 Å². The minimum Gasteiger partial charge on any atom is -0.464 e. The van der Waals surface area contributed by atoms with Crippen LogP contribution in [-0.2, 0) is 9.53 Å². The lowest BCUT2D eigenvalue weighted by atomic mass is 10.3. The number of halogens is 3. The zero-order valence-electron chi connectivity index (χ0n) is 9.93. The van der Waals surface area contributed by atoms with Crippen molar-refractivity contribution in [2.75, 3.05) is 18.5 Å². The van der Waals surface area contributed by atoms with Crippen molar-refractivity contribution in [2.24, 2.45) is 0 Å². The number of carbonyl (C=O) groups excluding carboxylic acids is 1. The third kappa shape index (κ3) is 4.27. The molecule has 0 aromatic heterocycles. The van der Waals surface area contributed by atoms with Crippen LogP contribution in [0, 0.1) is 17.5 Å². The van der Waals surface area contributed by atoms with Crippen molar-refractivity contribution in [3.05, 3.63) is 29.6 Å². The first-order valence-electron chi connectivity index (χ1n) is 5.58. The van der Waals surface area contributed by atoms with E-state index < -0.39 is 23.4 Å². The van der Waals surface area contributed by atoms with E-state index in [2.05, 4.69) is 5.32 Å². The fourth-order valence-electron chi connectivity index (χ4n) is 1.21. The average Bonchev–Trinajstić information content (AvgIpc) is 2.32. The highest BCUT2D eigenvalue weighted by molar-refractivity contribution is 5.75. The first-order chi connectivity index (χ1) is 8.54. The molecule has 0 aliphatic heterocycles. The SMILES string of the molecule is CCCCOC(=O)CNc1cc(F)c(F)cc1F. The molecule has 0 amide bonds. The predicted octanol–water partition coefficient (Wildman–Crippen LogP) is 2.86. The highest BCUT2D eigenvalue weighted by Gasteiger charge is 2.11. The van der Waals surface area contributed by atoms with Crippen molar-refractivity contribution in [2.45, 2.75) is 19.8 Å². The quantitative estimate of drug-likeness (QED) is 0.486. The summed E-state index contributed by atoms with van der Waals surface area (Å²) in [4.78, 5) is 11.2. The second-order valence-corrected chi connectivity index (χ2v) is 3.67. The summed E-state index contributed by atoms with van der Waals surface area (Å²) < 4.78 is 43.4. The molecule has 0 saturated heterocycles. The number of hydrogen-bond donors (Lipinski definition) is 1. The molecule has 0 saturated carbocycles. The standard InChI is InChI=1S/C12H14F3NO2/c1-2-3-4-18-12(17)7-16-11-6-9(14)8(13)5-10(11)15/h5-6,16H,2-4,7H2,1H3. The summed E-state index contributed by atoms with van der Waals surface area (Å²) in [6.07, 6.45) is 1.63. The molecule has 0 heterocycles. The number of hydrogen-bond acceptors (Lipinski definition) is 3. The van der Waals surface area contributed by atoms with Crippen molar-refractivity contribution < 1.29 is 22.7 Å². The van der Waals surface area contributed by atoms with E-state index >= 15 is 0 Å². The van der Waals surface area contributed by atoms with Gasteiger partial charge in [0, 0.05) is 12.1 Å². The van der Waals surface area contributed by atoms with E-state index in [4.69, 9.17) is 4.74 Å². The molecule has 18 heavy (non-hydrogen) atoms. The van der Waals surface area contributed by atoms with Gasteiger partial charge in [0.25, 0.3) is 0 Å². The Balaban J connectivity index is 2.48. The molecule has 0 aliphatic carbocycles. The molecule has 100 valence electrons. The molecule has 0 aliphatic rings. The largest absolute Gasteiger partial charge is 0.464 e. The highest BCUT2D eigenvalue weighted by atomic mass is 19.2. The van der Waals surface area contributed by atoms with Crippen LogP contribution in [0.5, 0.6) is 0 Å². The number of rotatable bonds is 6. The molecule has 0 bridgehead atoms. The van der Waals surface area contributed by atoms with Gasteiger partial charge in [0.2, 0.25) is 0 Å². The predicted molar refractivity (Wildman–Crippen MR) is 60.7 cm³/mol. The molecular weight excluding hydrogens is 247 g/mol. The molecule has 1 N–H and O–H groups in total. The summed E-state index contributed by atoms with van der Waals surface area (Å²) in [5.74, 6) is -4.00. The lowest BCUT2D eigenvalue weighted by Gasteiger charge is -2.08. The maximum atomic E-state index is 13.2. The molecule has 0 atom stereocenters. The Kier molecular flexibility index (Phi) is 5.48. The average molecular weight is 261 g/mol. The highest BCUT2D eigenvalue weighted by Crippen LogP contribution is 2.17. The normalized spacial score (nSPS) is 10.2. The Bertz CT molecular complexity index is 424.